The topological polar surface area (TPSA) is 9.23 Å². The highest BCUT2D eigenvalue weighted by atomic mass is 28.4. The lowest BCUT2D eigenvalue weighted by atomic mass is 9.95. The fraction of sp³-hybridized carbons (Fsp3) is 0.882. The van der Waals surface area contributed by atoms with Crippen LogP contribution in [0.15, 0.2) is 12.7 Å². The van der Waals surface area contributed by atoms with Gasteiger partial charge in [-0.05, 0) is 43.3 Å². The molecule has 0 fully saturated rings. The molecule has 0 unspecified atom stereocenters. The van der Waals surface area contributed by atoms with Gasteiger partial charge in [0.2, 0.25) is 0 Å². The molecule has 0 bridgehead atoms. The second-order valence-electron chi connectivity index (χ2n) is 7.40. The molecule has 0 rings (SSSR count). The largest absolute Gasteiger partial charge is 0.414 e. The standard InChI is InChI=1S/C17H36OSi/c1-9-11-13-15(3)16(14-12-10-2)18-19(7,8)17(4,5)6/h9,15-16H,1,10-14H2,2-8H3/t15-,16-/m0/s1. The van der Waals surface area contributed by atoms with Gasteiger partial charge in [-0.1, -0.05) is 53.5 Å². The van der Waals surface area contributed by atoms with Crippen LogP contribution in [-0.4, -0.2) is 14.4 Å². The van der Waals surface area contributed by atoms with E-state index in [1.807, 2.05) is 6.08 Å². The van der Waals surface area contributed by atoms with Crippen LogP contribution in [0.1, 0.15) is 66.7 Å². The molecule has 0 aliphatic carbocycles. The maximum absolute atomic E-state index is 6.67. The highest BCUT2D eigenvalue weighted by molar-refractivity contribution is 6.74. The van der Waals surface area contributed by atoms with Crippen molar-refractivity contribution in [3.63, 3.8) is 0 Å². The van der Waals surface area contributed by atoms with Gasteiger partial charge in [-0.3, -0.25) is 0 Å². The van der Waals surface area contributed by atoms with Crippen molar-refractivity contribution < 1.29 is 4.43 Å². The van der Waals surface area contributed by atoms with Crippen LogP contribution in [0.4, 0.5) is 0 Å². The highest BCUT2D eigenvalue weighted by Crippen LogP contribution is 2.39. The molecule has 2 atom stereocenters. The smallest absolute Gasteiger partial charge is 0.192 e. The van der Waals surface area contributed by atoms with Crippen molar-refractivity contribution in [2.24, 2.45) is 5.92 Å². The molecule has 2 heteroatoms. The molecule has 0 N–H and O–H groups in total. The lowest BCUT2D eigenvalue weighted by molar-refractivity contribution is 0.110. The highest BCUT2D eigenvalue weighted by Gasteiger charge is 2.39. The Hall–Kier alpha value is -0.0831. The van der Waals surface area contributed by atoms with Gasteiger partial charge in [0, 0.05) is 6.10 Å². The van der Waals surface area contributed by atoms with E-state index in [0.717, 1.165) is 6.42 Å². The Labute approximate surface area is 123 Å². The number of rotatable bonds is 9. The average Bonchev–Trinajstić information content (AvgIpc) is 2.29. The molecule has 1 nitrogen and oxygen atoms in total. The van der Waals surface area contributed by atoms with E-state index in [1.54, 1.807) is 0 Å². The Morgan fingerprint density at radius 2 is 1.79 bits per heavy atom. The Balaban J connectivity index is 4.70. The number of hydrogen-bond acceptors (Lipinski definition) is 1. The van der Waals surface area contributed by atoms with Crippen molar-refractivity contribution in [2.45, 2.75) is 91.0 Å². The maximum Gasteiger partial charge on any atom is 0.192 e. The summed E-state index contributed by atoms with van der Waals surface area (Å²) in [5.41, 5.74) is 0. The summed E-state index contributed by atoms with van der Waals surface area (Å²) < 4.78 is 6.67. The van der Waals surface area contributed by atoms with Gasteiger partial charge in [0.1, 0.15) is 0 Å². The van der Waals surface area contributed by atoms with Gasteiger partial charge >= 0.3 is 0 Å². The maximum atomic E-state index is 6.67. The van der Waals surface area contributed by atoms with Crippen LogP contribution in [0.3, 0.4) is 0 Å². The van der Waals surface area contributed by atoms with E-state index < -0.39 is 8.32 Å². The number of unbranched alkanes of at least 4 members (excludes halogenated alkanes) is 1. The van der Waals surface area contributed by atoms with Gasteiger partial charge in [0.15, 0.2) is 8.32 Å². The van der Waals surface area contributed by atoms with Crippen LogP contribution in [0.2, 0.25) is 18.1 Å². The van der Waals surface area contributed by atoms with Gasteiger partial charge in [0.25, 0.3) is 0 Å². The summed E-state index contributed by atoms with van der Waals surface area (Å²) in [6, 6.07) is 0. The zero-order valence-corrected chi connectivity index (χ0v) is 15.4. The van der Waals surface area contributed by atoms with Crippen molar-refractivity contribution in [1.29, 1.82) is 0 Å². The van der Waals surface area contributed by atoms with E-state index in [2.05, 4.69) is 54.3 Å². The molecule has 0 aromatic carbocycles. The van der Waals surface area contributed by atoms with Gasteiger partial charge < -0.3 is 4.43 Å². The molecule has 0 aromatic rings. The molecule has 0 radical (unpaired) electrons. The van der Waals surface area contributed by atoms with Crippen molar-refractivity contribution >= 4 is 8.32 Å². The molecule has 0 aromatic heterocycles. The summed E-state index contributed by atoms with van der Waals surface area (Å²) in [6.07, 6.45) is 8.50. The Kier molecular flexibility index (Phi) is 8.22. The summed E-state index contributed by atoms with van der Waals surface area (Å²) in [4.78, 5) is 0. The molecular formula is C17H36OSi. The Morgan fingerprint density at radius 1 is 1.21 bits per heavy atom. The van der Waals surface area contributed by atoms with Gasteiger partial charge in [-0.2, -0.15) is 0 Å². The third-order valence-corrected chi connectivity index (χ3v) is 9.06. The summed E-state index contributed by atoms with van der Waals surface area (Å²) in [5, 5.41) is 0.301. The lowest BCUT2D eigenvalue weighted by Gasteiger charge is -2.41. The Morgan fingerprint density at radius 3 is 2.21 bits per heavy atom. The first-order valence-corrected chi connectivity index (χ1v) is 10.8. The summed E-state index contributed by atoms with van der Waals surface area (Å²) in [5.74, 6) is 0.638. The van der Waals surface area contributed by atoms with E-state index in [9.17, 15) is 0 Å². The number of hydrogen-bond donors (Lipinski definition) is 0. The first kappa shape index (κ1) is 18.9. The summed E-state index contributed by atoms with van der Waals surface area (Å²) in [7, 11) is -1.65. The molecule has 0 spiro atoms. The van der Waals surface area contributed by atoms with Crippen LogP contribution >= 0.6 is 0 Å². The third-order valence-electron chi connectivity index (χ3n) is 4.56. The summed E-state index contributed by atoms with van der Waals surface area (Å²) in [6.45, 7) is 20.1. The van der Waals surface area contributed by atoms with Crippen LogP contribution in [0, 0.1) is 5.92 Å². The van der Waals surface area contributed by atoms with Crippen LogP contribution < -0.4 is 0 Å². The van der Waals surface area contributed by atoms with Crippen molar-refractivity contribution in [2.75, 3.05) is 0 Å². The lowest BCUT2D eigenvalue weighted by Crippen LogP contribution is -2.45. The Bertz CT molecular complexity index is 252. The normalized spacial score (nSPS) is 16.2. The fourth-order valence-corrected chi connectivity index (χ4v) is 3.45. The summed E-state index contributed by atoms with van der Waals surface area (Å²) >= 11 is 0. The quantitative estimate of drug-likeness (QED) is 0.363. The van der Waals surface area contributed by atoms with Crippen molar-refractivity contribution in [1.82, 2.24) is 0 Å². The molecule has 19 heavy (non-hydrogen) atoms. The van der Waals surface area contributed by atoms with Crippen LogP contribution in [0.5, 0.6) is 0 Å². The zero-order chi connectivity index (χ0) is 15.1. The SMILES string of the molecule is C=CCC[C@H](C)[C@H](CCCC)O[Si](C)(C)C(C)(C)C. The molecule has 114 valence electrons. The number of allylic oxidation sites excluding steroid dienone is 1. The first-order valence-electron chi connectivity index (χ1n) is 7.94. The first-order chi connectivity index (χ1) is 8.65. The van der Waals surface area contributed by atoms with E-state index in [4.69, 9.17) is 4.43 Å². The molecule has 0 aliphatic heterocycles. The predicted octanol–water partition coefficient (Wildman–Crippen LogP) is 6.17. The predicted molar refractivity (Wildman–Crippen MR) is 90.2 cm³/mol. The fourth-order valence-electron chi connectivity index (χ4n) is 1.99. The van der Waals surface area contributed by atoms with Crippen LogP contribution in [0.25, 0.3) is 0 Å². The molecule has 0 saturated heterocycles. The van der Waals surface area contributed by atoms with Crippen molar-refractivity contribution in [3.8, 4) is 0 Å². The van der Waals surface area contributed by atoms with E-state index in [1.165, 1.54) is 25.7 Å². The van der Waals surface area contributed by atoms with Gasteiger partial charge in [-0.15, -0.1) is 6.58 Å². The molecule has 0 aliphatic rings. The minimum atomic E-state index is -1.65. The third kappa shape index (κ3) is 6.76. The van der Waals surface area contributed by atoms with Crippen molar-refractivity contribution in [3.05, 3.63) is 12.7 Å². The zero-order valence-electron chi connectivity index (χ0n) is 14.4. The molecular weight excluding hydrogens is 248 g/mol. The van der Waals surface area contributed by atoms with E-state index >= 15 is 0 Å². The van der Waals surface area contributed by atoms with E-state index in [-0.39, 0.29) is 0 Å². The monoisotopic (exact) mass is 284 g/mol. The molecule has 0 saturated carbocycles. The van der Waals surface area contributed by atoms with Gasteiger partial charge in [0.05, 0.1) is 0 Å². The molecule has 0 heterocycles. The van der Waals surface area contributed by atoms with Crippen LogP contribution in [-0.2, 0) is 4.43 Å². The minimum Gasteiger partial charge on any atom is -0.414 e. The minimum absolute atomic E-state index is 0.301. The second kappa shape index (κ2) is 8.26. The van der Waals surface area contributed by atoms with E-state index in [0.29, 0.717) is 17.1 Å². The van der Waals surface area contributed by atoms with Gasteiger partial charge in [-0.25, -0.2) is 0 Å². The second-order valence-corrected chi connectivity index (χ2v) is 12.2. The molecule has 0 amide bonds. The average molecular weight is 285 g/mol.